The van der Waals surface area contributed by atoms with E-state index in [0.717, 1.165) is 6.92 Å². The first-order valence-corrected chi connectivity index (χ1v) is 3.78. The summed E-state index contributed by atoms with van der Waals surface area (Å²) in [5.41, 5.74) is 0. The van der Waals surface area contributed by atoms with Crippen molar-refractivity contribution in [1.82, 2.24) is 0 Å². The van der Waals surface area contributed by atoms with Crippen LogP contribution >= 0.6 is 0 Å². The van der Waals surface area contributed by atoms with Gasteiger partial charge in [0, 0.05) is 6.92 Å². The van der Waals surface area contributed by atoms with Crippen molar-refractivity contribution in [1.29, 1.82) is 0 Å². The number of hydrogen-bond donors (Lipinski definition) is 2. The summed E-state index contributed by atoms with van der Waals surface area (Å²) < 4.78 is 9.19. The first kappa shape index (κ1) is 9.44. The predicted octanol–water partition coefficient (Wildman–Crippen LogP) is -0.633. The van der Waals surface area contributed by atoms with Gasteiger partial charge in [-0.05, 0) is 12.8 Å². The molecule has 1 heterocycles. The van der Waals surface area contributed by atoms with E-state index in [0.29, 0.717) is 12.8 Å². The van der Waals surface area contributed by atoms with Crippen LogP contribution in [0.1, 0.15) is 19.8 Å². The summed E-state index contributed by atoms with van der Waals surface area (Å²) in [5.74, 6) is -2.82. The molecule has 1 saturated heterocycles. The van der Waals surface area contributed by atoms with E-state index in [1.54, 1.807) is 0 Å². The molecule has 0 aromatic rings. The molecule has 0 aromatic carbocycles. The van der Waals surface area contributed by atoms with Crippen LogP contribution in [0.15, 0.2) is 0 Å². The Morgan fingerprint density at radius 3 is 2.92 bits per heavy atom. The highest BCUT2D eigenvalue weighted by Gasteiger charge is 2.43. The fourth-order valence-corrected chi connectivity index (χ4v) is 1.08. The summed E-state index contributed by atoms with van der Waals surface area (Å²) in [4.78, 5) is 10.5. The number of rotatable bonds is 1. The molecule has 12 heavy (non-hydrogen) atoms. The van der Waals surface area contributed by atoms with Crippen molar-refractivity contribution in [3.05, 3.63) is 0 Å². The Morgan fingerprint density at radius 2 is 2.42 bits per heavy atom. The highest BCUT2D eigenvalue weighted by molar-refractivity contribution is 5.66. The first-order chi connectivity index (χ1) is 5.54. The molecule has 1 fully saturated rings. The molecule has 1 aliphatic rings. The van der Waals surface area contributed by atoms with E-state index in [-0.39, 0.29) is 6.61 Å². The van der Waals surface area contributed by atoms with E-state index < -0.39 is 18.0 Å². The van der Waals surface area contributed by atoms with Crippen LogP contribution in [0.3, 0.4) is 0 Å². The van der Waals surface area contributed by atoms with Crippen LogP contribution < -0.4 is 0 Å². The van der Waals surface area contributed by atoms with Gasteiger partial charge < -0.3 is 19.7 Å². The normalized spacial score (nSPS) is 36.1. The molecule has 2 N–H and O–H groups in total. The molecule has 0 aliphatic carbocycles. The van der Waals surface area contributed by atoms with Crippen molar-refractivity contribution in [3.8, 4) is 0 Å². The largest absolute Gasteiger partial charge is 0.406 e. The van der Waals surface area contributed by atoms with Gasteiger partial charge in [0.25, 0.3) is 0 Å². The Morgan fingerprint density at radius 1 is 1.75 bits per heavy atom. The van der Waals surface area contributed by atoms with Crippen molar-refractivity contribution in [2.45, 2.75) is 31.8 Å². The zero-order valence-electron chi connectivity index (χ0n) is 6.82. The lowest BCUT2D eigenvalue weighted by Gasteiger charge is -2.34. The maximum Gasteiger partial charge on any atom is 0.354 e. The van der Waals surface area contributed by atoms with E-state index in [9.17, 15) is 15.0 Å². The third kappa shape index (κ3) is 1.94. The SMILES string of the molecule is CC(=O)OC1(O)OCCCC1O. The third-order valence-corrected chi connectivity index (χ3v) is 1.64. The Balaban J connectivity index is 2.59. The third-order valence-electron chi connectivity index (χ3n) is 1.64. The van der Waals surface area contributed by atoms with Gasteiger partial charge in [-0.25, -0.2) is 0 Å². The average molecular weight is 176 g/mol. The van der Waals surface area contributed by atoms with Crippen LogP contribution in [0, 0.1) is 0 Å². The van der Waals surface area contributed by atoms with E-state index >= 15 is 0 Å². The Bertz CT molecular complexity index is 181. The van der Waals surface area contributed by atoms with Crippen molar-refractivity contribution in [2.24, 2.45) is 0 Å². The number of ether oxygens (including phenoxy) is 2. The molecule has 0 bridgehead atoms. The predicted molar refractivity (Wildman–Crippen MR) is 37.9 cm³/mol. The summed E-state index contributed by atoms with van der Waals surface area (Å²) in [6.07, 6.45) is -0.149. The Hall–Kier alpha value is -0.650. The van der Waals surface area contributed by atoms with Gasteiger partial charge in [0.05, 0.1) is 6.61 Å². The summed E-state index contributed by atoms with van der Waals surface area (Å²) in [7, 11) is 0. The highest BCUT2D eigenvalue weighted by atomic mass is 16.8. The number of aliphatic hydroxyl groups excluding tert-OH is 1. The average Bonchev–Trinajstić information content (AvgIpc) is 1.94. The Labute approximate surface area is 69.9 Å². The fraction of sp³-hybridized carbons (Fsp3) is 0.857. The smallest absolute Gasteiger partial charge is 0.354 e. The van der Waals surface area contributed by atoms with Gasteiger partial charge in [0.1, 0.15) is 6.10 Å². The number of carbonyl (C=O) groups excluding carboxylic acids is 1. The second-order valence-electron chi connectivity index (χ2n) is 2.73. The molecule has 2 atom stereocenters. The fourth-order valence-electron chi connectivity index (χ4n) is 1.08. The van der Waals surface area contributed by atoms with Crippen LogP contribution in [0.5, 0.6) is 0 Å². The minimum absolute atomic E-state index is 0.279. The zero-order valence-corrected chi connectivity index (χ0v) is 6.82. The second-order valence-corrected chi connectivity index (χ2v) is 2.73. The number of aliphatic hydroxyl groups is 2. The molecule has 5 heteroatoms. The molecule has 1 aliphatic heterocycles. The van der Waals surface area contributed by atoms with Gasteiger partial charge in [-0.2, -0.15) is 0 Å². The summed E-state index contributed by atoms with van der Waals surface area (Å²) in [5, 5.41) is 18.6. The molecule has 1 rings (SSSR count). The topological polar surface area (TPSA) is 76.0 Å². The number of hydrogen-bond acceptors (Lipinski definition) is 5. The van der Waals surface area contributed by atoms with Crippen molar-refractivity contribution in [3.63, 3.8) is 0 Å². The molecule has 5 nitrogen and oxygen atoms in total. The zero-order chi connectivity index (χ0) is 9.19. The van der Waals surface area contributed by atoms with Crippen LogP contribution in [0.2, 0.25) is 0 Å². The monoisotopic (exact) mass is 176 g/mol. The summed E-state index contributed by atoms with van der Waals surface area (Å²) in [6.45, 7) is 1.42. The van der Waals surface area contributed by atoms with Crippen molar-refractivity contribution < 1.29 is 24.5 Å². The van der Waals surface area contributed by atoms with Gasteiger partial charge in [-0.3, -0.25) is 4.79 Å². The van der Waals surface area contributed by atoms with Crippen LogP contribution in [-0.4, -0.2) is 34.9 Å². The van der Waals surface area contributed by atoms with Gasteiger partial charge in [0.15, 0.2) is 0 Å². The molecular formula is C7H12O5. The number of esters is 1. The summed E-state index contributed by atoms with van der Waals surface area (Å²) in [6, 6.07) is 0. The highest BCUT2D eigenvalue weighted by Crippen LogP contribution is 2.23. The summed E-state index contributed by atoms with van der Waals surface area (Å²) >= 11 is 0. The minimum Gasteiger partial charge on any atom is -0.406 e. The first-order valence-electron chi connectivity index (χ1n) is 3.78. The van der Waals surface area contributed by atoms with Gasteiger partial charge in [0.2, 0.25) is 0 Å². The van der Waals surface area contributed by atoms with Crippen molar-refractivity contribution in [2.75, 3.05) is 6.61 Å². The van der Waals surface area contributed by atoms with E-state index in [4.69, 9.17) is 4.74 Å². The maximum absolute atomic E-state index is 10.5. The second kappa shape index (κ2) is 3.38. The van der Waals surface area contributed by atoms with Crippen LogP contribution in [0.4, 0.5) is 0 Å². The van der Waals surface area contributed by atoms with E-state index in [2.05, 4.69) is 4.74 Å². The van der Waals surface area contributed by atoms with Crippen molar-refractivity contribution >= 4 is 5.97 Å². The number of carbonyl (C=O) groups is 1. The van der Waals surface area contributed by atoms with E-state index in [1.807, 2.05) is 0 Å². The molecule has 0 aromatic heterocycles. The van der Waals surface area contributed by atoms with Crippen LogP contribution in [-0.2, 0) is 14.3 Å². The molecule has 0 saturated carbocycles. The standard InChI is InChI=1S/C7H12O5/c1-5(8)12-7(10)6(9)3-2-4-11-7/h6,9-10H,2-4H2,1H3. The molecule has 0 radical (unpaired) electrons. The lowest BCUT2D eigenvalue weighted by molar-refractivity contribution is -0.390. The van der Waals surface area contributed by atoms with Gasteiger partial charge in [-0.15, -0.1) is 0 Å². The molecule has 0 spiro atoms. The molecule has 70 valence electrons. The molecule has 0 amide bonds. The van der Waals surface area contributed by atoms with Crippen LogP contribution in [0.25, 0.3) is 0 Å². The lowest BCUT2D eigenvalue weighted by atomic mass is 10.1. The Kier molecular flexibility index (Phi) is 2.66. The van der Waals surface area contributed by atoms with Gasteiger partial charge >= 0.3 is 11.9 Å². The minimum atomic E-state index is -2.13. The lowest BCUT2D eigenvalue weighted by Crippen LogP contribution is -2.51. The molecule has 2 unspecified atom stereocenters. The quantitative estimate of drug-likeness (QED) is 0.411. The maximum atomic E-state index is 10.5. The van der Waals surface area contributed by atoms with E-state index in [1.165, 1.54) is 0 Å². The molecular weight excluding hydrogens is 164 g/mol. The van der Waals surface area contributed by atoms with Gasteiger partial charge in [-0.1, -0.05) is 0 Å².